The summed E-state index contributed by atoms with van der Waals surface area (Å²) < 4.78 is 0. The summed E-state index contributed by atoms with van der Waals surface area (Å²) in [5, 5.41) is 11.8. The number of hydrogen-bond donors (Lipinski definition) is 2. The highest BCUT2D eigenvalue weighted by Gasteiger charge is 2.20. The highest BCUT2D eigenvalue weighted by Crippen LogP contribution is 2.07. The summed E-state index contributed by atoms with van der Waals surface area (Å²) in [5.74, 6) is 5.37. The molecule has 0 fully saturated rings. The molecule has 1 aromatic heterocycles. The third kappa shape index (κ3) is 5.54. The molecule has 0 aromatic carbocycles. The van der Waals surface area contributed by atoms with Gasteiger partial charge in [-0.15, -0.1) is 0 Å². The summed E-state index contributed by atoms with van der Waals surface area (Å²) in [5.41, 5.74) is 0.819. The Morgan fingerprint density at radius 3 is 2.76 bits per heavy atom. The normalized spacial score (nSPS) is 12.0. The van der Waals surface area contributed by atoms with Gasteiger partial charge < -0.3 is 15.3 Å². The van der Waals surface area contributed by atoms with Crippen molar-refractivity contribution >= 4 is 5.91 Å². The number of aromatic nitrogens is 1. The molecule has 1 heterocycles. The van der Waals surface area contributed by atoms with Crippen molar-refractivity contribution in [1.29, 1.82) is 0 Å². The van der Waals surface area contributed by atoms with Crippen molar-refractivity contribution in [3.63, 3.8) is 0 Å². The number of nitrogens with one attached hydrogen (secondary N) is 1. The lowest BCUT2D eigenvalue weighted by Crippen LogP contribution is -2.45. The Morgan fingerprint density at radius 2 is 2.19 bits per heavy atom. The second-order valence-electron chi connectivity index (χ2n) is 5.45. The Hall–Kier alpha value is -1.90. The lowest BCUT2D eigenvalue weighted by Gasteiger charge is -2.25. The quantitative estimate of drug-likeness (QED) is 0.785. The SMILES string of the molecule is CC(C)C(CN(C)C)NC(=O)c1ncccc1C#CCO. The summed E-state index contributed by atoms with van der Waals surface area (Å²) >= 11 is 0. The van der Waals surface area contributed by atoms with E-state index in [-0.39, 0.29) is 18.6 Å². The van der Waals surface area contributed by atoms with Crippen molar-refractivity contribution < 1.29 is 9.90 Å². The van der Waals surface area contributed by atoms with E-state index in [4.69, 9.17) is 5.11 Å². The van der Waals surface area contributed by atoms with E-state index in [9.17, 15) is 4.79 Å². The van der Waals surface area contributed by atoms with Gasteiger partial charge in [-0.3, -0.25) is 4.79 Å². The number of aliphatic hydroxyl groups is 1. The van der Waals surface area contributed by atoms with Gasteiger partial charge in [-0.25, -0.2) is 4.98 Å². The van der Waals surface area contributed by atoms with Crippen LogP contribution in [-0.4, -0.2) is 54.2 Å². The predicted octanol–water partition coefficient (Wildman–Crippen LogP) is 0.741. The largest absolute Gasteiger partial charge is 0.384 e. The fourth-order valence-corrected chi connectivity index (χ4v) is 1.88. The van der Waals surface area contributed by atoms with Gasteiger partial charge in [-0.2, -0.15) is 0 Å². The van der Waals surface area contributed by atoms with Crippen LogP contribution in [-0.2, 0) is 0 Å². The van der Waals surface area contributed by atoms with E-state index in [0.29, 0.717) is 17.2 Å². The molecule has 1 unspecified atom stereocenters. The van der Waals surface area contributed by atoms with Crippen LogP contribution >= 0.6 is 0 Å². The molecule has 21 heavy (non-hydrogen) atoms. The molecule has 1 atom stereocenters. The number of pyridine rings is 1. The van der Waals surface area contributed by atoms with Crippen molar-refractivity contribution in [3.8, 4) is 11.8 Å². The number of rotatable bonds is 5. The van der Waals surface area contributed by atoms with Gasteiger partial charge >= 0.3 is 0 Å². The predicted molar refractivity (Wildman–Crippen MR) is 82.8 cm³/mol. The van der Waals surface area contributed by atoms with Crippen LogP contribution in [0.1, 0.15) is 29.9 Å². The number of aliphatic hydroxyl groups excluding tert-OH is 1. The summed E-state index contributed by atoms with van der Waals surface area (Å²) in [6.07, 6.45) is 1.56. The molecule has 0 bridgehead atoms. The second-order valence-corrected chi connectivity index (χ2v) is 5.45. The number of likely N-dealkylation sites (N-methyl/N-ethyl adjacent to an activating group) is 1. The van der Waals surface area contributed by atoms with Crippen molar-refractivity contribution in [2.24, 2.45) is 5.92 Å². The molecule has 0 spiro atoms. The summed E-state index contributed by atoms with van der Waals surface area (Å²) in [6.45, 7) is 4.65. The van der Waals surface area contributed by atoms with E-state index in [0.717, 1.165) is 6.54 Å². The van der Waals surface area contributed by atoms with Crippen molar-refractivity contribution in [1.82, 2.24) is 15.2 Å². The van der Waals surface area contributed by atoms with Gasteiger partial charge in [0.05, 0.1) is 5.56 Å². The first-order valence-corrected chi connectivity index (χ1v) is 6.96. The first-order chi connectivity index (χ1) is 9.95. The van der Waals surface area contributed by atoms with Crippen LogP contribution in [0.25, 0.3) is 0 Å². The van der Waals surface area contributed by atoms with Crippen molar-refractivity contribution in [2.45, 2.75) is 19.9 Å². The monoisotopic (exact) mass is 289 g/mol. The molecule has 0 aliphatic heterocycles. The third-order valence-corrected chi connectivity index (χ3v) is 3.01. The summed E-state index contributed by atoms with van der Waals surface area (Å²) in [4.78, 5) is 18.6. The Labute approximate surface area is 126 Å². The minimum Gasteiger partial charge on any atom is -0.384 e. The highest BCUT2D eigenvalue weighted by molar-refractivity contribution is 5.94. The average molecular weight is 289 g/mol. The van der Waals surface area contributed by atoms with Crippen LogP contribution in [0, 0.1) is 17.8 Å². The Bertz CT molecular complexity index is 530. The summed E-state index contributed by atoms with van der Waals surface area (Å²) in [6, 6.07) is 3.48. The Morgan fingerprint density at radius 1 is 1.48 bits per heavy atom. The van der Waals surface area contributed by atoms with Crippen molar-refractivity contribution in [3.05, 3.63) is 29.6 Å². The second kappa shape index (κ2) is 8.40. The first-order valence-electron chi connectivity index (χ1n) is 6.96. The van der Waals surface area contributed by atoms with Gasteiger partial charge in [0, 0.05) is 18.8 Å². The van der Waals surface area contributed by atoms with Gasteiger partial charge in [0.1, 0.15) is 12.3 Å². The number of nitrogens with zero attached hydrogens (tertiary/aromatic N) is 2. The maximum Gasteiger partial charge on any atom is 0.271 e. The van der Waals surface area contributed by atoms with E-state index < -0.39 is 0 Å². The van der Waals surface area contributed by atoms with Crippen LogP contribution in [0.4, 0.5) is 0 Å². The van der Waals surface area contributed by atoms with Gasteiger partial charge in [-0.05, 0) is 32.1 Å². The first kappa shape index (κ1) is 17.2. The Kier molecular flexibility index (Phi) is 6.86. The highest BCUT2D eigenvalue weighted by atomic mass is 16.2. The maximum absolute atomic E-state index is 12.4. The minimum absolute atomic E-state index is 0.0353. The number of amides is 1. The van der Waals surface area contributed by atoms with E-state index in [1.807, 2.05) is 19.0 Å². The fraction of sp³-hybridized carbons (Fsp3) is 0.500. The lowest BCUT2D eigenvalue weighted by atomic mass is 10.0. The molecule has 0 aliphatic carbocycles. The molecular weight excluding hydrogens is 266 g/mol. The van der Waals surface area contributed by atoms with Crippen LogP contribution in [0.2, 0.25) is 0 Å². The van der Waals surface area contributed by atoms with E-state index in [2.05, 4.69) is 36.0 Å². The molecular formula is C16H23N3O2. The number of carbonyl (C=O) groups is 1. The topological polar surface area (TPSA) is 65.5 Å². The summed E-state index contributed by atoms with van der Waals surface area (Å²) in [7, 11) is 3.95. The van der Waals surface area contributed by atoms with E-state index in [1.54, 1.807) is 18.3 Å². The lowest BCUT2D eigenvalue weighted by molar-refractivity contribution is 0.0911. The molecule has 2 N–H and O–H groups in total. The van der Waals surface area contributed by atoms with Crippen LogP contribution < -0.4 is 5.32 Å². The molecule has 1 amide bonds. The maximum atomic E-state index is 12.4. The molecule has 0 saturated heterocycles. The molecule has 1 aromatic rings. The molecule has 5 nitrogen and oxygen atoms in total. The molecule has 0 aliphatic rings. The standard InChI is InChI=1S/C16H23N3O2/c1-12(2)14(11-19(3)4)18-16(21)15-13(8-6-10-20)7-5-9-17-15/h5,7,9,12,14,20H,10-11H2,1-4H3,(H,18,21). The molecule has 5 heteroatoms. The average Bonchev–Trinajstić information content (AvgIpc) is 2.44. The minimum atomic E-state index is -0.245. The van der Waals surface area contributed by atoms with Crippen LogP contribution in [0.15, 0.2) is 18.3 Å². The van der Waals surface area contributed by atoms with Gasteiger partial charge in [-0.1, -0.05) is 25.7 Å². The molecule has 114 valence electrons. The smallest absolute Gasteiger partial charge is 0.271 e. The number of carbonyl (C=O) groups excluding carboxylic acids is 1. The van der Waals surface area contributed by atoms with Crippen molar-refractivity contribution in [2.75, 3.05) is 27.2 Å². The fourth-order valence-electron chi connectivity index (χ4n) is 1.88. The third-order valence-electron chi connectivity index (χ3n) is 3.01. The van der Waals surface area contributed by atoms with Crippen LogP contribution in [0.3, 0.4) is 0 Å². The zero-order valence-electron chi connectivity index (χ0n) is 13.1. The van der Waals surface area contributed by atoms with Crippen LogP contribution in [0.5, 0.6) is 0 Å². The molecule has 0 saturated carbocycles. The molecule has 0 radical (unpaired) electrons. The zero-order valence-corrected chi connectivity index (χ0v) is 13.1. The zero-order chi connectivity index (χ0) is 15.8. The van der Waals surface area contributed by atoms with Gasteiger partial charge in [0.2, 0.25) is 0 Å². The van der Waals surface area contributed by atoms with Gasteiger partial charge in [0.15, 0.2) is 0 Å². The van der Waals surface area contributed by atoms with Gasteiger partial charge in [0.25, 0.3) is 5.91 Å². The van der Waals surface area contributed by atoms with E-state index >= 15 is 0 Å². The number of hydrogen-bond acceptors (Lipinski definition) is 4. The molecule has 1 rings (SSSR count). The van der Waals surface area contributed by atoms with E-state index in [1.165, 1.54) is 0 Å². The Balaban J connectivity index is 2.92.